The van der Waals surface area contributed by atoms with E-state index in [9.17, 15) is 4.79 Å². The third-order valence-electron chi connectivity index (χ3n) is 2.71. The normalized spacial score (nSPS) is 32.9. The molecule has 0 spiro atoms. The minimum Gasteiger partial charge on any atom is -0.300 e. The van der Waals surface area contributed by atoms with Gasteiger partial charge in [-0.1, -0.05) is 20.8 Å². The lowest BCUT2D eigenvalue weighted by Crippen LogP contribution is -2.24. The van der Waals surface area contributed by atoms with Crippen LogP contribution < -0.4 is 0 Å². The molecule has 1 aliphatic carbocycles. The van der Waals surface area contributed by atoms with E-state index in [1.165, 1.54) is 6.42 Å². The zero-order valence-electron chi connectivity index (χ0n) is 7.76. The zero-order valence-corrected chi connectivity index (χ0v) is 7.76. The van der Waals surface area contributed by atoms with Crippen molar-refractivity contribution in [3.63, 3.8) is 0 Å². The molecular formula is C10H18O. The summed E-state index contributed by atoms with van der Waals surface area (Å²) >= 11 is 0. The van der Waals surface area contributed by atoms with Crippen LogP contribution in [0.3, 0.4) is 0 Å². The molecule has 1 rings (SSSR count). The number of Topliss-reactive ketones (excluding diaryl/α,β-unsaturated/α-hetero) is 1. The molecule has 0 aromatic heterocycles. The maximum absolute atomic E-state index is 11.2. The first-order valence-corrected chi connectivity index (χ1v) is 4.61. The molecule has 0 aromatic rings. The Hall–Kier alpha value is -0.330. The number of hydrogen-bond acceptors (Lipinski definition) is 1. The average Bonchev–Trinajstić information content (AvgIpc) is 1.85. The number of carbonyl (C=O) groups excluding carboxylic acids is 1. The second-order valence-corrected chi connectivity index (χ2v) is 4.29. The predicted molar refractivity (Wildman–Crippen MR) is 46.4 cm³/mol. The summed E-state index contributed by atoms with van der Waals surface area (Å²) in [6, 6.07) is 0. The minimum absolute atomic E-state index is 0.474. The summed E-state index contributed by atoms with van der Waals surface area (Å²) in [6.07, 6.45) is 2.91. The second-order valence-electron chi connectivity index (χ2n) is 4.29. The standard InChI is InChI=1S/C10H18O/c1-7(2)9-4-8(3)5-10(11)6-9/h7-9H,4-6H2,1-3H3/t8-,9-/m0/s1. The van der Waals surface area contributed by atoms with Gasteiger partial charge in [-0.15, -0.1) is 0 Å². The van der Waals surface area contributed by atoms with Crippen molar-refractivity contribution in [2.75, 3.05) is 0 Å². The van der Waals surface area contributed by atoms with Crippen LogP contribution in [0.4, 0.5) is 0 Å². The molecule has 0 saturated heterocycles. The highest BCUT2D eigenvalue weighted by Crippen LogP contribution is 2.31. The van der Waals surface area contributed by atoms with Crippen LogP contribution in [0.25, 0.3) is 0 Å². The SMILES string of the molecule is CC(C)[C@@H]1CC(=O)C[C@@H](C)C1. The smallest absolute Gasteiger partial charge is 0.133 e. The Morgan fingerprint density at radius 2 is 2.00 bits per heavy atom. The van der Waals surface area contributed by atoms with Crippen molar-refractivity contribution in [3.05, 3.63) is 0 Å². The van der Waals surface area contributed by atoms with E-state index in [1.54, 1.807) is 0 Å². The summed E-state index contributed by atoms with van der Waals surface area (Å²) < 4.78 is 0. The fraction of sp³-hybridized carbons (Fsp3) is 0.900. The Balaban J connectivity index is 2.49. The zero-order chi connectivity index (χ0) is 8.43. The van der Waals surface area contributed by atoms with Gasteiger partial charge in [0.1, 0.15) is 5.78 Å². The first-order valence-electron chi connectivity index (χ1n) is 4.61. The molecule has 2 atom stereocenters. The van der Waals surface area contributed by atoms with Gasteiger partial charge in [0.15, 0.2) is 0 Å². The van der Waals surface area contributed by atoms with Crippen LogP contribution in [-0.2, 0) is 4.79 Å². The quantitative estimate of drug-likeness (QED) is 0.567. The highest BCUT2D eigenvalue weighted by atomic mass is 16.1. The first kappa shape index (κ1) is 8.76. The molecule has 0 radical (unpaired) electrons. The first-order chi connectivity index (χ1) is 5.09. The van der Waals surface area contributed by atoms with Crippen LogP contribution in [0.5, 0.6) is 0 Å². The van der Waals surface area contributed by atoms with Gasteiger partial charge < -0.3 is 0 Å². The van der Waals surface area contributed by atoms with Gasteiger partial charge >= 0.3 is 0 Å². The summed E-state index contributed by atoms with van der Waals surface area (Å²) in [6.45, 7) is 6.62. The maximum atomic E-state index is 11.2. The molecule has 1 fully saturated rings. The number of hydrogen-bond donors (Lipinski definition) is 0. The summed E-state index contributed by atoms with van der Waals surface area (Å²) in [4.78, 5) is 11.2. The molecule has 0 heterocycles. The fourth-order valence-electron chi connectivity index (χ4n) is 1.96. The summed E-state index contributed by atoms with van der Waals surface area (Å²) in [5.74, 6) is 2.44. The van der Waals surface area contributed by atoms with Gasteiger partial charge in [0.2, 0.25) is 0 Å². The highest BCUT2D eigenvalue weighted by molar-refractivity contribution is 5.79. The van der Waals surface area contributed by atoms with E-state index in [-0.39, 0.29) is 0 Å². The van der Waals surface area contributed by atoms with Gasteiger partial charge in [-0.05, 0) is 24.2 Å². The lowest BCUT2D eigenvalue weighted by atomic mass is 9.76. The maximum Gasteiger partial charge on any atom is 0.133 e. The van der Waals surface area contributed by atoms with E-state index in [4.69, 9.17) is 0 Å². The van der Waals surface area contributed by atoms with Gasteiger partial charge in [-0.3, -0.25) is 4.79 Å². The van der Waals surface area contributed by atoms with Crippen molar-refractivity contribution in [1.29, 1.82) is 0 Å². The van der Waals surface area contributed by atoms with Crippen LogP contribution in [0.2, 0.25) is 0 Å². The molecule has 0 aromatic carbocycles. The molecule has 1 saturated carbocycles. The molecule has 1 nitrogen and oxygen atoms in total. The van der Waals surface area contributed by atoms with Gasteiger partial charge in [0, 0.05) is 12.8 Å². The Bertz CT molecular complexity index is 149. The molecule has 0 N–H and O–H groups in total. The van der Waals surface area contributed by atoms with Gasteiger partial charge in [0.05, 0.1) is 0 Å². The monoisotopic (exact) mass is 154 g/mol. The molecule has 0 aliphatic heterocycles. The van der Waals surface area contributed by atoms with Crippen molar-refractivity contribution in [2.45, 2.75) is 40.0 Å². The van der Waals surface area contributed by atoms with Gasteiger partial charge in [-0.25, -0.2) is 0 Å². The summed E-state index contributed by atoms with van der Waals surface area (Å²) in [7, 11) is 0. The Kier molecular flexibility index (Phi) is 2.69. The number of carbonyl (C=O) groups is 1. The average molecular weight is 154 g/mol. The number of rotatable bonds is 1. The van der Waals surface area contributed by atoms with Crippen molar-refractivity contribution in [1.82, 2.24) is 0 Å². The topological polar surface area (TPSA) is 17.1 Å². The highest BCUT2D eigenvalue weighted by Gasteiger charge is 2.26. The Labute approximate surface area is 69.2 Å². The van der Waals surface area contributed by atoms with Crippen molar-refractivity contribution >= 4 is 5.78 Å². The predicted octanol–water partition coefficient (Wildman–Crippen LogP) is 2.65. The van der Waals surface area contributed by atoms with E-state index in [0.29, 0.717) is 23.5 Å². The lowest BCUT2D eigenvalue weighted by Gasteiger charge is -2.28. The Morgan fingerprint density at radius 1 is 1.36 bits per heavy atom. The second kappa shape index (κ2) is 3.38. The third-order valence-corrected chi connectivity index (χ3v) is 2.71. The Morgan fingerprint density at radius 3 is 2.45 bits per heavy atom. The minimum atomic E-state index is 0.474. The van der Waals surface area contributed by atoms with E-state index in [1.807, 2.05) is 0 Å². The van der Waals surface area contributed by atoms with E-state index in [0.717, 1.165) is 12.8 Å². The van der Waals surface area contributed by atoms with E-state index in [2.05, 4.69) is 20.8 Å². The van der Waals surface area contributed by atoms with Crippen LogP contribution in [0, 0.1) is 17.8 Å². The summed E-state index contributed by atoms with van der Waals surface area (Å²) in [5.41, 5.74) is 0. The molecule has 1 aliphatic rings. The summed E-state index contributed by atoms with van der Waals surface area (Å²) in [5, 5.41) is 0. The molecule has 0 unspecified atom stereocenters. The lowest BCUT2D eigenvalue weighted by molar-refractivity contribution is -0.123. The van der Waals surface area contributed by atoms with Gasteiger partial charge in [0.25, 0.3) is 0 Å². The van der Waals surface area contributed by atoms with Crippen LogP contribution in [0.1, 0.15) is 40.0 Å². The van der Waals surface area contributed by atoms with Crippen molar-refractivity contribution in [2.24, 2.45) is 17.8 Å². The van der Waals surface area contributed by atoms with Crippen LogP contribution in [0.15, 0.2) is 0 Å². The molecule has 0 bridgehead atoms. The van der Waals surface area contributed by atoms with Crippen LogP contribution in [-0.4, -0.2) is 5.78 Å². The van der Waals surface area contributed by atoms with Crippen molar-refractivity contribution < 1.29 is 4.79 Å². The number of ketones is 1. The van der Waals surface area contributed by atoms with Crippen LogP contribution >= 0.6 is 0 Å². The molecular weight excluding hydrogens is 136 g/mol. The molecule has 0 amide bonds. The largest absolute Gasteiger partial charge is 0.300 e. The van der Waals surface area contributed by atoms with E-state index < -0.39 is 0 Å². The molecule has 64 valence electrons. The van der Waals surface area contributed by atoms with E-state index >= 15 is 0 Å². The molecule has 1 heteroatoms. The fourth-order valence-corrected chi connectivity index (χ4v) is 1.96. The van der Waals surface area contributed by atoms with Gasteiger partial charge in [-0.2, -0.15) is 0 Å². The van der Waals surface area contributed by atoms with Crippen molar-refractivity contribution in [3.8, 4) is 0 Å². The molecule has 11 heavy (non-hydrogen) atoms. The third kappa shape index (κ3) is 2.32.